The van der Waals surface area contributed by atoms with Gasteiger partial charge in [0.15, 0.2) is 23.1 Å². The topological polar surface area (TPSA) is 129 Å². The van der Waals surface area contributed by atoms with Gasteiger partial charge in [0.25, 0.3) is 0 Å². The molecule has 0 bridgehead atoms. The number of allylic oxidation sites excluding steroid dienone is 4. The van der Waals surface area contributed by atoms with Crippen LogP contribution in [0.15, 0.2) is 133 Å². The van der Waals surface area contributed by atoms with Gasteiger partial charge in [0.05, 0.1) is 51.4 Å². The normalized spacial score (nSPS) is 24.2. The minimum atomic E-state index is -1.46. The first kappa shape index (κ1) is 40.2. The molecule has 10 nitrogen and oxygen atoms in total. The summed E-state index contributed by atoms with van der Waals surface area (Å²) < 4.78 is 22.2. The average Bonchev–Trinajstić information content (AvgIpc) is 3.57. The molecular weight excluding hydrogens is 783 g/mol. The Kier molecular flexibility index (Phi) is 10.4. The molecule has 3 aliphatic carbocycles. The van der Waals surface area contributed by atoms with E-state index in [1.165, 1.54) is 25.2 Å². The fourth-order valence-electron chi connectivity index (χ4n) is 10.5. The summed E-state index contributed by atoms with van der Waals surface area (Å²) in [6, 6.07) is 34.6. The van der Waals surface area contributed by atoms with Gasteiger partial charge in [0.2, 0.25) is 17.6 Å². The van der Waals surface area contributed by atoms with Crippen molar-refractivity contribution in [3.05, 3.63) is 161 Å². The van der Waals surface area contributed by atoms with Crippen molar-refractivity contribution in [1.82, 2.24) is 0 Å². The lowest BCUT2D eigenvalue weighted by atomic mass is 9.44. The minimum Gasteiger partial charge on any atom is -0.502 e. The van der Waals surface area contributed by atoms with E-state index in [4.69, 9.17) is 18.9 Å². The Morgan fingerprint density at radius 3 is 2.00 bits per heavy atom. The highest BCUT2D eigenvalue weighted by molar-refractivity contribution is 6.32. The largest absolute Gasteiger partial charge is 0.502 e. The number of anilines is 1. The number of benzene rings is 5. The predicted molar refractivity (Wildman–Crippen MR) is 235 cm³/mol. The molecule has 62 heavy (non-hydrogen) atoms. The molecule has 1 saturated heterocycles. The Bertz CT molecular complexity index is 2680. The lowest BCUT2D eigenvalue weighted by molar-refractivity contribution is -0.135. The second kappa shape index (κ2) is 16.0. The molecule has 2 amide bonds. The smallest absolute Gasteiger partial charge is 0.238 e. The van der Waals surface area contributed by atoms with Gasteiger partial charge in [-0.1, -0.05) is 96.6 Å². The number of phenolic OH excluding ortho intramolecular Hbond substituents is 1. The van der Waals surface area contributed by atoms with E-state index in [2.05, 4.69) is 0 Å². The van der Waals surface area contributed by atoms with Crippen molar-refractivity contribution < 1.29 is 43.2 Å². The number of hydrogen-bond acceptors (Lipinski definition) is 9. The quantitative estimate of drug-likeness (QED) is 0.0836. The van der Waals surface area contributed by atoms with E-state index in [1.54, 1.807) is 38.5 Å². The summed E-state index contributed by atoms with van der Waals surface area (Å²) >= 11 is 0. The van der Waals surface area contributed by atoms with Crippen LogP contribution in [0.25, 0.3) is 17.7 Å². The molecule has 2 fully saturated rings. The monoisotopic (exact) mass is 827 g/mol. The first-order valence-electron chi connectivity index (χ1n) is 20.6. The first-order chi connectivity index (χ1) is 30.1. The first-order valence-corrected chi connectivity index (χ1v) is 20.6. The third-order valence-electron chi connectivity index (χ3n) is 13.3. The van der Waals surface area contributed by atoms with Crippen LogP contribution in [0.3, 0.4) is 0 Å². The molecule has 312 valence electrons. The van der Waals surface area contributed by atoms with E-state index in [1.807, 2.05) is 109 Å². The Balaban J connectivity index is 1.15. The van der Waals surface area contributed by atoms with Gasteiger partial charge in [-0.05, 0) is 89.6 Å². The van der Waals surface area contributed by atoms with Crippen LogP contribution >= 0.6 is 0 Å². The Morgan fingerprint density at radius 1 is 0.694 bits per heavy atom. The summed E-state index contributed by atoms with van der Waals surface area (Å²) in [5.74, 6) is -3.49. The van der Waals surface area contributed by atoms with Crippen molar-refractivity contribution >= 4 is 46.8 Å². The van der Waals surface area contributed by atoms with Crippen LogP contribution in [0.1, 0.15) is 46.6 Å². The van der Waals surface area contributed by atoms with Crippen LogP contribution < -0.4 is 23.8 Å². The fraction of sp³-hybridized carbons (Fsp3) is 0.231. The summed E-state index contributed by atoms with van der Waals surface area (Å²) in [5, 5.41) is 11.1. The molecule has 1 N–H and O–H groups in total. The zero-order valence-corrected chi connectivity index (χ0v) is 34.7. The highest BCUT2D eigenvalue weighted by Gasteiger charge is 2.66. The van der Waals surface area contributed by atoms with Gasteiger partial charge >= 0.3 is 0 Å². The molecule has 1 saturated carbocycles. The molecule has 0 aromatic heterocycles. The van der Waals surface area contributed by atoms with Gasteiger partial charge in [0.1, 0.15) is 11.5 Å². The van der Waals surface area contributed by atoms with E-state index in [0.29, 0.717) is 39.4 Å². The molecule has 4 aliphatic rings. The van der Waals surface area contributed by atoms with Gasteiger partial charge in [-0.15, -0.1) is 0 Å². The summed E-state index contributed by atoms with van der Waals surface area (Å²) in [5.41, 5.74) is 3.60. The molecule has 5 aromatic carbocycles. The van der Waals surface area contributed by atoms with Crippen LogP contribution in [-0.2, 0) is 24.6 Å². The Morgan fingerprint density at radius 2 is 1.35 bits per heavy atom. The van der Waals surface area contributed by atoms with Crippen molar-refractivity contribution in [3.63, 3.8) is 0 Å². The standard InChI is InChI=1S/C52H45NO9/c1-59-36-21-24-42(60-2)32(25-36)18-15-30-16-19-35(20-17-30)53-50(57)38-23-22-37-40(46(38)51(53)58)28-41-48(55)39(31-11-7-5-8-12-31)29-45(54)52(41,34-13-9-6-10-14-34)47(37)33-26-43(61-3)49(56)44(27-33)62-4/h5-22,24-27,29,38,40-41,46-47,56H,23,28H2,1-4H3. The molecule has 9 rings (SSSR count). The number of imide groups is 1. The van der Waals surface area contributed by atoms with E-state index in [-0.39, 0.29) is 53.5 Å². The van der Waals surface area contributed by atoms with Gasteiger partial charge in [-0.3, -0.25) is 24.1 Å². The highest BCUT2D eigenvalue weighted by atomic mass is 16.5. The number of amides is 2. The molecule has 1 heterocycles. The molecule has 0 spiro atoms. The second-order valence-electron chi connectivity index (χ2n) is 16.1. The van der Waals surface area contributed by atoms with E-state index in [0.717, 1.165) is 16.7 Å². The van der Waals surface area contributed by atoms with E-state index < -0.39 is 35.0 Å². The number of carbonyl (C=O) groups excluding carboxylic acids is 4. The number of ether oxygens (including phenoxy) is 4. The third kappa shape index (κ3) is 6.31. The zero-order chi connectivity index (χ0) is 43.3. The average molecular weight is 828 g/mol. The van der Waals surface area contributed by atoms with Crippen LogP contribution in [0, 0.1) is 23.7 Å². The van der Waals surface area contributed by atoms with Crippen molar-refractivity contribution in [2.24, 2.45) is 23.7 Å². The van der Waals surface area contributed by atoms with Gasteiger partial charge < -0.3 is 24.1 Å². The number of Topliss-reactive ketones (excluding diaryl/α,β-unsaturated/α-hetero) is 1. The number of phenols is 1. The van der Waals surface area contributed by atoms with E-state index >= 15 is 9.59 Å². The minimum absolute atomic E-state index is 0.129. The van der Waals surface area contributed by atoms with Crippen LogP contribution in [0.2, 0.25) is 0 Å². The lowest BCUT2D eigenvalue weighted by Crippen LogP contribution is -2.58. The van der Waals surface area contributed by atoms with Gasteiger partial charge in [-0.2, -0.15) is 0 Å². The maximum atomic E-state index is 15.4. The number of fused-ring (bicyclic) bond motifs is 4. The molecule has 10 heteroatoms. The SMILES string of the molecule is COc1ccc(OC)c(C=Cc2ccc(N3C(=O)C4CC=C5C(CC6C(=O)C(c7ccccc7)=CC(=O)C6(c6ccccc6)C5c5cc(OC)c(O)c(OC)c5)C4C3=O)cc2)c1. The van der Waals surface area contributed by atoms with Crippen LogP contribution in [-0.4, -0.2) is 56.9 Å². The molecule has 5 aromatic rings. The maximum Gasteiger partial charge on any atom is 0.238 e. The van der Waals surface area contributed by atoms with Crippen molar-refractivity contribution in [3.8, 4) is 28.7 Å². The molecule has 0 radical (unpaired) electrons. The summed E-state index contributed by atoms with van der Waals surface area (Å²) in [6.07, 6.45) is 7.73. The van der Waals surface area contributed by atoms with Crippen molar-refractivity contribution in [2.45, 2.75) is 24.2 Å². The third-order valence-corrected chi connectivity index (χ3v) is 13.3. The van der Waals surface area contributed by atoms with Gasteiger partial charge in [-0.25, -0.2) is 0 Å². The summed E-state index contributed by atoms with van der Waals surface area (Å²) in [4.78, 5) is 61.4. The molecule has 6 atom stereocenters. The number of methoxy groups -OCH3 is 4. The summed E-state index contributed by atoms with van der Waals surface area (Å²) in [6.45, 7) is 0. The number of rotatable bonds is 10. The number of ketones is 2. The maximum absolute atomic E-state index is 15.4. The Hall–Kier alpha value is -7.20. The van der Waals surface area contributed by atoms with E-state index in [9.17, 15) is 14.7 Å². The number of nitrogens with zero attached hydrogens (tertiary/aromatic N) is 1. The molecule has 1 aliphatic heterocycles. The van der Waals surface area contributed by atoms with Crippen molar-refractivity contribution in [1.29, 1.82) is 0 Å². The lowest BCUT2D eigenvalue weighted by Gasteiger charge is -2.55. The highest BCUT2D eigenvalue weighted by Crippen LogP contribution is 2.64. The molecule has 6 unspecified atom stereocenters. The zero-order valence-electron chi connectivity index (χ0n) is 34.7. The second-order valence-corrected chi connectivity index (χ2v) is 16.1. The van der Waals surface area contributed by atoms with Crippen LogP contribution in [0.5, 0.6) is 28.7 Å². The number of carbonyl (C=O) groups is 4. The Labute approximate surface area is 359 Å². The predicted octanol–water partition coefficient (Wildman–Crippen LogP) is 8.63. The fourth-order valence-corrected chi connectivity index (χ4v) is 10.5. The van der Waals surface area contributed by atoms with Crippen LogP contribution in [0.4, 0.5) is 5.69 Å². The molecular formula is C52H45NO9. The number of hydrogen-bond donors (Lipinski definition) is 1. The number of aromatic hydroxyl groups is 1. The van der Waals surface area contributed by atoms with Gasteiger partial charge in [0, 0.05) is 23.0 Å². The summed E-state index contributed by atoms with van der Waals surface area (Å²) in [7, 11) is 6.08. The van der Waals surface area contributed by atoms with Crippen molar-refractivity contribution in [2.75, 3.05) is 33.3 Å².